The number of carbonyl (C=O) groups is 1. The molecule has 0 spiro atoms. The molecule has 3 heterocycles. The average Bonchev–Trinajstić information content (AvgIpc) is 3.50. The van der Waals surface area contributed by atoms with Gasteiger partial charge in [0.2, 0.25) is 0 Å². The second kappa shape index (κ2) is 10.4. The Kier molecular flexibility index (Phi) is 6.85. The third-order valence-corrected chi connectivity index (χ3v) is 6.58. The van der Waals surface area contributed by atoms with Gasteiger partial charge in [-0.3, -0.25) is 0 Å². The largest absolute Gasteiger partial charge is 0.493 e. The van der Waals surface area contributed by atoms with Gasteiger partial charge in [-0.15, -0.1) is 0 Å². The van der Waals surface area contributed by atoms with Crippen LogP contribution in [0.25, 0.3) is 16.9 Å². The Balaban J connectivity index is 1.36. The van der Waals surface area contributed by atoms with Gasteiger partial charge in [0, 0.05) is 18.7 Å². The van der Waals surface area contributed by atoms with Gasteiger partial charge in [-0.25, -0.2) is 14.3 Å². The van der Waals surface area contributed by atoms with Crippen molar-refractivity contribution in [3.8, 4) is 22.8 Å². The number of aryl methyl sites for hydroxylation is 2. The highest BCUT2D eigenvalue weighted by Crippen LogP contribution is 2.35. The molecule has 0 radical (unpaired) electrons. The Labute approximate surface area is 216 Å². The van der Waals surface area contributed by atoms with Crippen LogP contribution in [0.4, 0.5) is 10.5 Å². The lowest BCUT2D eigenvalue weighted by Gasteiger charge is -2.20. The maximum Gasteiger partial charge on any atom is 0.407 e. The fourth-order valence-corrected chi connectivity index (χ4v) is 4.81. The molecular weight excluding hydrogens is 470 g/mol. The van der Waals surface area contributed by atoms with E-state index in [0.717, 1.165) is 52.5 Å². The summed E-state index contributed by atoms with van der Waals surface area (Å²) in [5, 5.41) is 7.80. The number of anilines is 1. The van der Waals surface area contributed by atoms with Crippen LogP contribution in [0.15, 0.2) is 54.6 Å². The van der Waals surface area contributed by atoms with Crippen LogP contribution in [0.1, 0.15) is 23.4 Å². The normalized spacial score (nSPS) is 15.1. The quantitative estimate of drug-likeness (QED) is 0.398. The summed E-state index contributed by atoms with van der Waals surface area (Å²) in [5.41, 5.74) is 6.31. The van der Waals surface area contributed by atoms with Crippen molar-refractivity contribution in [1.82, 2.24) is 19.9 Å². The number of fused-ring (bicyclic) bond motifs is 1. The van der Waals surface area contributed by atoms with Crippen LogP contribution in [0.5, 0.6) is 11.5 Å². The molecule has 1 atom stereocenters. The van der Waals surface area contributed by atoms with E-state index in [4.69, 9.17) is 24.3 Å². The number of methoxy groups -OCH3 is 2. The highest BCUT2D eigenvalue weighted by Gasteiger charge is 2.28. The first-order chi connectivity index (χ1) is 18.0. The van der Waals surface area contributed by atoms with E-state index in [0.29, 0.717) is 18.0 Å². The molecule has 1 fully saturated rings. The Morgan fingerprint density at radius 1 is 1.05 bits per heavy atom. The molecule has 0 bridgehead atoms. The smallest absolute Gasteiger partial charge is 0.407 e. The highest BCUT2D eigenvalue weighted by molar-refractivity contribution is 5.77. The third-order valence-electron chi connectivity index (χ3n) is 6.58. The molecule has 37 heavy (non-hydrogen) atoms. The van der Waals surface area contributed by atoms with E-state index >= 15 is 0 Å². The molecule has 1 aliphatic rings. The molecular formula is C28H31N5O4. The van der Waals surface area contributed by atoms with Gasteiger partial charge in [0.15, 0.2) is 17.1 Å². The van der Waals surface area contributed by atoms with Crippen LogP contribution in [0.3, 0.4) is 0 Å². The lowest BCUT2D eigenvalue weighted by Crippen LogP contribution is -2.37. The molecule has 1 N–H and O–H groups in total. The number of benzene rings is 2. The maximum atomic E-state index is 12.4. The summed E-state index contributed by atoms with van der Waals surface area (Å²) < 4.78 is 18.2. The fraction of sp³-hybridized carbons (Fsp3) is 0.321. The van der Waals surface area contributed by atoms with Crippen LogP contribution in [0.2, 0.25) is 0 Å². The van der Waals surface area contributed by atoms with Crippen molar-refractivity contribution >= 4 is 17.4 Å². The van der Waals surface area contributed by atoms with Crippen molar-refractivity contribution in [3.63, 3.8) is 0 Å². The molecule has 0 aliphatic carbocycles. The lowest BCUT2D eigenvalue weighted by molar-refractivity contribution is 0.136. The number of hydrogen-bond acceptors (Lipinski definition) is 7. The minimum Gasteiger partial charge on any atom is -0.493 e. The predicted octanol–water partition coefficient (Wildman–Crippen LogP) is 4.54. The molecule has 1 saturated heterocycles. The Morgan fingerprint density at radius 2 is 1.84 bits per heavy atom. The minimum atomic E-state index is -0.404. The van der Waals surface area contributed by atoms with E-state index in [1.54, 1.807) is 14.2 Å². The van der Waals surface area contributed by atoms with E-state index in [-0.39, 0.29) is 12.6 Å². The van der Waals surface area contributed by atoms with Crippen molar-refractivity contribution in [2.24, 2.45) is 0 Å². The summed E-state index contributed by atoms with van der Waals surface area (Å²) in [4.78, 5) is 19.5. The molecule has 9 nitrogen and oxygen atoms in total. The number of alkyl carbamates (subject to hydrolysis) is 1. The van der Waals surface area contributed by atoms with E-state index in [2.05, 4.69) is 16.3 Å². The Bertz CT molecular complexity index is 1420. The van der Waals surface area contributed by atoms with E-state index < -0.39 is 6.09 Å². The molecule has 9 heteroatoms. The van der Waals surface area contributed by atoms with Crippen molar-refractivity contribution in [2.75, 3.05) is 32.2 Å². The summed E-state index contributed by atoms with van der Waals surface area (Å²) >= 11 is 0. The topological polar surface area (TPSA) is 90.2 Å². The Hall–Kier alpha value is -4.27. The summed E-state index contributed by atoms with van der Waals surface area (Å²) in [5.74, 6) is 1.32. The fourth-order valence-electron chi connectivity index (χ4n) is 4.81. The van der Waals surface area contributed by atoms with Crippen molar-refractivity contribution in [2.45, 2.75) is 32.9 Å². The van der Waals surface area contributed by atoms with E-state index in [1.807, 2.05) is 66.9 Å². The Morgan fingerprint density at radius 3 is 2.59 bits per heavy atom. The summed E-state index contributed by atoms with van der Waals surface area (Å²) in [6, 6.07) is 17.5. The number of nitrogens with one attached hydrogen (secondary N) is 1. The molecule has 1 amide bonds. The van der Waals surface area contributed by atoms with Crippen LogP contribution in [-0.4, -0.2) is 54.0 Å². The molecule has 4 aromatic rings. The lowest BCUT2D eigenvalue weighted by atomic mass is 10.1. The molecule has 2 aromatic carbocycles. The molecule has 192 valence electrons. The van der Waals surface area contributed by atoms with Crippen molar-refractivity contribution < 1.29 is 19.0 Å². The van der Waals surface area contributed by atoms with Gasteiger partial charge in [-0.1, -0.05) is 30.3 Å². The molecule has 2 aromatic heterocycles. The van der Waals surface area contributed by atoms with Gasteiger partial charge < -0.3 is 24.4 Å². The van der Waals surface area contributed by atoms with Crippen LogP contribution in [-0.2, 0) is 11.3 Å². The number of ether oxygens (including phenoxy) is 3. The predicted molar refractivity (Wildman–Crippen MR) is 141 cm³/mol. The SMILES string of the molecule is COc1ccc(-c2c(C)nc3c(N4CCC(NC(=O)OCc5ccccc5)C4)cc(C)nn23)cc1OC. The molecule has 5 rings (SSSR count). The number of nitrogens with zero attached hydrogens (tertiary/aromatic N) is 4. The van der Waals surface area contributed by atoms with Gasteiger partial charge in [0.1, 0.15) is 6.61 Å². The first kappa shape index (κ1) is 24.4. The van der Waals surface area contributed by atoms with Crippen LogP contribution < -0.4 is 19.7 Å². The summed E-state index contributed by atoms with van der Waals surface area (Å²) in [6.07, 6.45) is 0.412. The monoisotopic (exact) mass is 501 g/mol. The van der Waals surface area contributed by atoms with Gasteiger partial charge in [0.05, 0.1) is 43.0 Å². The standard InChI is InChI=1S/C28H31N5O4/c1-18-14-23(32-13-12-22(16-32)30-28(34)37-17-20-8-6-5-7-9-20)27-29-19(2)26(33(27)31-18)21-10-11-24(35-3)25(15-21)36-4/h5-11,14-15,22H,12-13,16-17H2,1-4H3,(H,30,34). The van der Waals surface area contributed by atoms with Gasteiger partial charge in [-0.2, -0.15) is 5.10 Å². The number of carbonyl (C=O) groups excluding carboxylic acids is 1. The molecule has 1 aliphatic heterocycles. The van der Waals surface area contributed by atoms with E-state index in [1.165, 1.54) is 0 Å². The summed E-state index contributed by atoms with van der Waals surface area (Å²) in [7, 11) is 3.24. The number of hydrogen-bond donors (Lipinski definition) is 1. The van der Waals surface area contributed by atoms with Gasteiger partial charge in [0.25, 0.3) is 0 Å². The number of rotatable bonds is 7. The van der Waals surface area contributed by atoms with E-state index in [9.17, 15) is 4.79 Å². The van der Waals surface area contributed by atoms with Crippen LogP contribution >= 0.6 is 0 Å². The maximum absolute atomic E-state index is 12.4. The first-order valence-electron chi connectivity index (χ1n) is 12.3. The average molecular weight is 502 g/mol. The zero-order chi connectivity index (χ0) is 25.9. The second-order valence-corrected chi connectivity index (χ2v) is 9.16. The minimum absolute atomic E-state index is 0.0156. The number of imidazole rings is 1. The number of amides is 1. The highest BCUT2D eigenvalue weighted by atomic mass is 16.5. The third kappa shape index (κ3) is 5.02. The van der Waals surface area contributed by atoms with Crippen molar-refractivity contribution in [3.05, 3.63) is 71.5 Å². The van der Waals surface area contributed by atoms with Gasteiger partial charge >= 0.3 is 6.09 Å². The molecule has 0 saturated carbocycles. The number of aromatic nitrogens is 3. The zero-order valence-electron chi connectivity index (χ0n) is 21.5. The summed E-state index contributed by atoms with van der Waals surface area (Å²) in [6.45, 7) is 5.66. The van der Waals surface area contributed by atoms with Crippen molar-refractivity contribution in [1.29, 1.82) is 0 Å². The molecule has 1 unspecified atom stereocenters. The van der Waals surface area contributed by atoms with Crippen LogP contribution in [0, 0.1) is 13.8 Å². The second-order valence-electron chi connectivity index (χ2n) is 9.16. The zero-order valence-corrected chi connectivity index (χ0v) is 21.5. The first-order valence-corrected chi connectivity index (χ1v) is 12.3. The van der Waals surface area contributed by atoms with Gasteiger partial charge in [-0.05, 0) is 50.1 Å².